The topological polar surface area (TPSA) is 84.9 Å². The van der Waals surface area contributed by atoms with E-state index in [0.29, 0.717) is 28.2 Å². The van der Waals surface area contributed by atoms with Crippen LogP contribution in [0.15, 0.2) is 78.4 Å². The minimum atomic E-state index is -1.33. The minimum absolute atomic E-state index is 0.119. The van der Waals surface area contributed by atoms with Gasteiger partial charge < -0.3 is 24.1 Å². The number of carbonyl (C=O) groups excluding carboxylic acids is 2. The van der Waals surface area contributed by atoms with Crippen molar-refractivity contribution in [2.45, 2.75) is 6.10 Å². The molecule has 1 atom stereocenters. The van der Waals surface area contributed by atoms with Gasteiger partial charge in [0.05, 0.1) is 18.6 Å². The highest BCUT2D eigenvalue weighted by molar-refractivity contribution is 6.14. The Morgan fingerprint density at radius 2 is 1.77 bits per heavy atom. The van der Waals surface area contributed by atoms with Crippen LogP contribution in [-0.4, -0.2) is 25.5 Å². The van der Waals surface area contributed by atoms with Crippen molar-refractivity contribution in [2.75, 3.05) is 13.7 Å². The number of para-hydroxylation sites is 1. The second-order valence-corrected chi connectivity index (χ2v) is 6.90. The maximum absolute atomic E-state index is 13.3. The van der Waals surface area contributed by atoms with Crippen LogP contribution in [0, 0.1) is 0 Å². The molecule has 3 aromatic carbocycles. The second kappa shape index (κ2) is 8.75. The molecule has 1 aliphatic heterocycles. The van der Waals surface area contributed by atoms with Crippen LogP contribution in [0.1, 0.15) is 27.6 Å². The molecule has 0 saturated heterocycles. The van der Waals surface area contributed by atoms with Gasteiger partial charge in [0.15, 0.2) is 23.4 Å². The molecular formula is C25H19O6-. The summed E-state index contributed by atoms with van der Waals surface area (Å²) in [6.45, 7) is -0.587. The zero-order chi connectivity index (χ0) is 21.8. The molecular weight excluding hydrogens is 396 g/mol. The van der Waals surface area contributed by atoms with Gasteiger partial charge in [-0.05, 0) is 41.5 Å². The van der Waals surface area contributed by atoms with Gasteiger partial charge in [-0.2, -0.15) is 0 Å². The van der Waals surface area contributed by atoms with Crippen LogP contribution in [0.25, 0.3) is 6.08 Å². The molecule has 6 heteroatoms. The molecule has 1 aliphatic rings. The smallest absolute Gasteiger partial charge is 0.196 e. The molecule has 3 aromatic rings. The highest BCUT2D eigenvalue weighted by Gasteiger charge is 2.32. The quantitative estimate of drug-likeness (QED) is 0.575. The molecule has 0 N–H and O–H groups in total. The van der Waals surface area contributed by atoms with E-state index in [2.05, 4.69) is 0 Å². The Kier molecular flexibility index (Phi) is 5.71. The van der Waals surface area contributed by atoms with Crippen molar-refractivity contribution in [3.63, 3.8) is 0 Å². The largest absolute Gasteiger partial charge is 0.546 e. The summed E-state index contributed by atoms with van der Waals surface area (Å²) >= 11 is 0. The van der Waals surface area contributed by atoms with Gasteiger partial charge in [0, 0.05) is 5.57 Å². The zero-order valence-electron chi connectivity index (χ0n) is 16.7. The molecule has 0 aromatic heterocycles. The molecule has 0 spiro atoms. The Bertz CT molecular complexity index is 1150. The maximum Gasteiger partial charge on any atom is 0.196 e. The van der Waals surface area contributed by atoms with Crippen molar-refractivity contribution >= 4 is 17.8 Å². The fourth-order valence-corrected chi connectivity index (χ4v) is 3.45. The summed E-state index contributed by atoms with van der Waals surface area (Å²) in [5.41, 5.74) is 2.53. The summed E-state index contributed by atoms with van der Waals surface area (Å²) in [4.78, 5) is 24.0. The summed E-state index contributed by atoms with van der Waals surface area (Å²) in [5, 5.41) is 10.7. The number of fused-ring (bicyclic) bond motifs is 1. The average molecular weight is 415 g/mol. The molecule has 0 saturated carbocycles. The maximum atomic E-state index is 13.3. The number of ether oxygens (including phenoxy) is 3. The van der Waals surface area contributed by atoms with E-state index in [1.165, 1.54) is 7.11 Å². The second-order valence-electron chi connectivity index (χ2n) is 6.90. The molecule has 0 bridgehead atoms. The standard InChI is InChI=1S/C25H20O6/c1-29-22-14-16(11-12-21(22)30-15-23(26)27)13-19-24(28)18-9-5-6-10-20(18)31-25(19)17-7-3-2-4-8-17/h2-14,25H,15H2,1H3,(H,26,27)/p-1/b19-13-/t25-/m0/s1. The Labute approximate surface area is 179 Å². The first-order chi connectivity index (χ1) is 15.1. The highest BCUT2D eigenvalue weighted by Crippen LogP contribution is 2.39. The molecule has 6 nitrogen and oxygen atoms in total. The number of carboxylic acid groups (broad SMARTS) is 1. The van der Waals surface area contributed by atoms with Crippen LogP contribution in [0.2, 0.25) is 0 Å². The van der Waals surface area contributed by atoms with E-state index in [-0.39, 0.29) is 11.5 Å². The molecule has 0 amide bonds. The van der Waals surface area contributed by atoms with Crippen molar-refractivity contribution in [3.8, 4) is 17.2 Å². The third-order valence-corrected chi connectivity index (χ3v) is 4.88. The van der Waals surface area contributed by atoms with E-state index in [1.54, 1.807) is 42.5 Å². The fourth-order valence-electron chi connectivity index (χ4n) is 3.45. The molecule has 0 aliphatic carbocycles. The van der Waals surface area contributed by atoms with Gasteiger partial charge in [-0.1, -0.05) is 48.5 Å². The predicted molar refractivity (Wildman–Crippen MR) is 112 cm³/mol. The van der Waals surface area contributed by atoms with Gasteiger partial charge >= 0.3 is 0 Å². The predicted octanol–water partition coefficient (Wildman–Crippen LogP) is 3.22. The van der Waals surface area contributed by atoms with Crippen molar-refractivity contribution < 1.29 is 28.9 Å². The Balaban J connectivity index is 1.76. The highest BCUT2D eigenvalue weighted by atomic mass is 16.5. The van der Waals surface area contributed by atoms with E-state index < -0.39 is 18.7 Å². The van der Waals surface area contributed by atoms with E-state index in [1.807, 2.05) is 36.4 Å². The number of benzene rings is 3. The van der Waals surface area contributed by atoms with Crippen LogP contribution in [-0.2, 0) is 4.79 Å². The number of methoxy groups -OCH3 is 1. The number of hydrogen-bond acceptors (Lipinski definition) is 6. The van der Waals surface area contributed by atoms with Gasteiger partial charge in [0.2, 0.25) is 0 Å². The summed E-state index contributed by atoms with van der Waals surface area (Å²) in [7, 11) is 1.45. The number of rotatable bonds is 6. The summed E-state index contributed by atoms with van der Waals surface area (Å²) in [6, 6.07) is 21.7. The van der Waals surface area contributed by atoms with Crippen molar-refractivity contribution in [3.05, 3.63) is 95.1 Å². The zero-order valence-corrected chi connectivity index (χ0v) is 16.7. The number of ketones is 1. The third kappa shape index (κ3) is 4.28. The van der Waals surface area contributed by atoms with Crippen LogP contribution < -0.4 is 19.3 Å². The van der Waals surface area contributed by atoms with Crippen LogP contribution in [0.4, 0.5) is 0 Å². The molecule has 31 heavy (non-hydrogen) atoms. The molecule has 4 rings (SSSR count). The van der Waals surface area contributed by atoms with Crippen LogP contribution >= 0.6 is 0 Å². The van der Waals surface area contributed by atoms with Gasteiger partial charge in [0.25, 0.3) is 0 Å². The molecule has 0 fully saturated rings. The van der Waals surface area contributed by atoms with Gasteiger partial charge in [0.1, 0.15) is 12.4 Å². The average Bonchev–Trinajstić information content (AvgIpc) is 2.80. The first-order valence-corrected chi connectivity index (χ1v) is 9.64. The fraction of sp³-hybridized carbons (Fsp3) is 0.120. The number of aliphatic carboxylic acids is 1. The van der Waals surface area contributed by atoms with Crippen LogP contribution in [0.3, 0.4) is 0 Å². The van der Waals surface area contributed by atoms with E-state index in [9.17, 15) is 14.7 Å². The molecule has 156 valence electrons. The summed E-state index contributed by atoms with van der Waals surface area (Å²) < 4.78 is 16.7. The number of carboxylic acids is 1. The first kappa shape index (κ1) is 20.2. The van der Waals surface area contributed by atoms with Crippen molar-refractivity contribution in [1.29, 1.82) is 0 Å². The number of Topliss-reactive ketones (excluding diaryl/α,β-unsaturated/α-hetero) is 1. The first-order valence-electron chi connectivity index (χ1n) is 9.64. The Hall–Kier alpha value is -4.06. The van der Waals surface area contributed by atoms with E-state index in [0.717, 1.165) is 5.56 Å². The lowest BCUT2D eigenvalue weighted by molar-refractivity contribution is -0.307. The lowest BCUT2D eigenvalue weighted by atomic mass is 9.89. The molecule has 0 unspecified atom stereocenters. The van der Waals surface area contributed by atoms with Gasteiger partial charge in [-0.25, -0.2) is 0 Å². The monoisotopic (exact) mass is 415 g/mol. The summed E-state index contributed by atoms with van der Waals surface area (Å²) in [6.07, 6.45) is 1.18. The number of carbonyl (C=O) groups is 2. The molecule has 1 heterocycles. The van der Waals surface area contributed by atoms with E-state index in [4.69, 9.17) is 14.2 Å². The van der Waals surface area contributed by atoms with Crippen molar-refractivity contribution in [1.82, 2.24) is 0 Å². The SMILES string of the molecule is COc1cc(/C=C2/C(=O)c3ccccc3O[C@H]2c2ccccc2)ccc1OCC(=O)[O-]. The molecule has 0 radical (unpaired) electrons. The normalized spacial score (nSPS) is 16.4. The number of hydrogen-bond donors (Lipinski definition) is 0. The van der Waals surface area contributed by atoms with Gasteiger partial charge in [-0.3, -0.25) is 4.79 Å². The van der Waals surface area contributed by atoms with E-state index >= 15 is 0 Å². The summed E-state index contributed by atoms with van der Waals surface area (Å²) in [5.74, 6) is -0.293. The van der Waals surface area contributed by atoms with Crippen molar-refractivity contribution in [2.24, 2.45) is 0 Å². The lowest BCUT2D eigenvalue weighted by Gasteiger charge is -2.28. The minimum Gasteiger partial charge on any atom is -0.546 e. The third-order valence-electron chi connectivity index (χ3n) is 4.88. The van der Waals surface area contributed by atoms with Crippen LogP contribution in [0.5, 0.6) is 17.2 Å². The Morgan fingerprint density at radius 3 is 2.52 bits per heavy atom. The lowest BCUT2D eigenvalue weighted by Crippen LogP contribution is -2.29. The Morgan fingerprint density at radius 1 is 1.03 bits per heavy atom. The van der Waals surface area contributed by atoms with Gasteiger partial charge in [-0.15, -0.1) is 0 Å².